The summed E-state index contributed by atoms with van der Waals surface area (Å²) in [6.07, 6.45) is 0. The van der Waals surface area contributed by atoms with Gasteiger partial charge in [0.05, 0.1) is 11.4 Å². The maximum Gasteiger partial charge on any atom is 0.242 e. The van der Waals surface area contributed by atoms with E-state index in [1.165, 1.54) is 11.8 Å². The minimum atomic E-state index is 0. The van der Waals surface area contributed by atoms with Crippen LogP contribution in [0, 0.1) is 0 Å². The number of hydrogen-bond acceptors (Lipinski definition) is 4. The van der Waals surface area contributed by atoms with Gasteiger partial charge < -0.3 is 15.1 Å². The van der Waals surface area contributed by atoms with Gasteiger partial charge in [-0.15, -0.1) is 24.2 Å². The molecule has 2 amide bonds. The zero-order valence-corrected chi connectivity index (χ0v) is 14.1. The summed E-state index contributed by atoms with van der Waals surface area (Å²) in [7, 11) is 0. The molecule has 2 heterocycles. The second kappa shape index (κ2) is 7.35. The standard InChI is InChI=1S/C15H19N3O2S.ClH/c1-11-8-16-6-7-17(11)14(19)9-18-12-4-2-3-5-13(12)21-10-15(18)20;/h2-5,11,16H,6-10H2,1H3;1H/t11-;/m1./s1. The zero-order valence-electron chi connectivity index (χ0n) is 12.4. The number of benzene rings is 1. The number of piperazine rings is 1. The summed E-state index contributed by atoms with van der Waals surface area (Å²) in [5, 5.41) is 3.27. The molecular weight excluding hydrogens is 322 g/mol. The van der Waals surface area contributed by atoms with Crippen LogP contribution in [0.4, 0.5) is 5.69 Å². The smallest absolute Gasteiger partial charge is 0.242 e. The Morgan fingerprint density at radius 2 is 2.18 bits per heavy atom. The first kappa shape index (κ1) is 17.1. The van der Waals surface area contributed by atoms with Crippen LogP contribution in [0.15, 0.2) is 29.2 Å². The first-order valence-corrected chi connectivity index (χ1v) is 8.18. The van der Waals surface area contributed by atoms with Crippen LogP contribution in [0.1, 0.15) is 6.92 Å². The van der Waals surface area contributed by atoms with E-state index in [4.69, 9.17) is 0 Å². The van der Waals surface area contributed by atoms with Gasteiger partial charge in [-0.2, -0.15) is 0 Å². The predicted molar refractivity (Wildman–Crippen MR) is 90.8 cm³/mol. The molecule has 0 spiro atoms. The summed E-state index contributed by atoms with van der Waals surface area (Å²) in [5.74, 6) is 0.440. The van der Waals surface area contributed by atoms with Gasteiger partial charge in [0.15, 0.2) is 0 Å². The van der Waals surface area contributed by atoms with E-state index in [-0.39, 0.29) is 36.8 Å². The minimum absolute atomic E-state index is 0. The van der Waals surface area contributed by atoms with Crippen molar-refractivity contribution in [2.45, 2.75) is 17.9 Å². The van der Waals surface area contributed by atoms with E-state index >= 15 is 0 Å². The fourth-order valence-corrected chi connectivity index (χ4v) is 3.70. The van der Waals surface area contributed by atoms with Crippen molar-refractivity contribution in [1.82, 2.24) is 10.2 Å². The van der Waals surface area contributed by atoms with Crippen LogP contribution in [0.5, 0.6) is 0 Å². The highest BCUT2D eigenvalue weighted by molar-refractivity contribution is 8.00. The number of anilines is 1. The number of halogens is 1. The Morgan fingerprint density at radius 1 is 1.41 bits per heavy atom. The molecule has 0 unspecified atom stereocenters. The number of nitrogens with one attached hydrogen (secondary N) is 1. The number of para-hydroxylation sites is 1. The monoisotopic (exact) mass is 341 g/mol. The molecule has 1 aromatic carbocycles. The molecule has 2 aliphatic rings. The fraction of sp³-hybridized carbons (Fsp3) is 0.467. The molecule has 0 aliphatic carbocycles. The lowest BCUT2D eigenvalue weighted by molar-refractivity contribution is -0.133. The first-order chi connectivity index (χ1) is 10.2. The summed E-state index contributed by atoms with van der Waals surface area (Å²) < 4.78 is 0. The van der Waals surface area contributed by atoms with Crippen LogP contribution in [0.2, 0.25) is 0 Å². The molecule has 0 bridgehead atoms. The number of thioether (sulfide) groups is 1. The van der Waals surface area contributed by atoms with E-state index in [0.717, 1.165) is 23.7 Å². The molecule has 1 fully saturated rings. The largest absolute Gasteiger partial charge is 0.336 e. The number of rotatable bonds is 2. The van der Waals surface area contributed by atoms with Gasteiger partial charge in [-0.1, -0.05) is 12.1 Å². The van der Waals surface area contributed by atoms with Crippen molar-refractivity contribution >= 4 is 41.7 Å². The SMILES string of the molecule is C[C@@H]1CNCCN1C(=O)CN1C(=O)CSc2ccccc21.Cl. The van der Waals surface area contributed by atoms with E-state index < -0.39 is 0 Å². The molecule has 1 aromatic rings. The Labute approximate surface area is 140 Å². The number of amides is 2. The Balaban J connectivity index is 0.00000176. The third-order valence-electron chi connectivity index (χ3n) is 3.92. The predicted octanol–water partition coefficient (Wildman–Crippen LogP) is 1.37. The van der Waals surface area contributed by atoms with Crippen LogP contribution in [0.25, 0.3) is 0 Å². The van der Waals surface area contributed by atoms with E-state index in [0.29, 0.717) is 12.3 Å². The third-order valence-corrected chi connectivity index (χ3v) is 4.97. The Kier molecular flexibility index (Phi) is 5.72. The highest BCUT2D eigenvalue weighted by Gasteiger charge is 2.30. The molecule has 0 saturated carbocycles. The molecule has 5 nitrogen and oxygen atoms in total. The van der Waals surface area contributed by atoms with Gasteiger partial charge in [-0.05, 0) is 19.1 Å². The van der Waals surface area contributed by atoms with Gasteiger partial charge in [0.1, 0.15) is 6.54 Å². The van der Waals surface area contributed by atoms with Crippen molar-refractivity contribution in [3.05, 3.63) is 24.3 Å². The van der Waals surface area contributed by atoms with Crippen LogP contribution >= 0.6 is 24.2 Å². The summed E-state index contributed by atoms with van der Waals surface area (Å²) in [5.41, 5.74) is 0.856. The van der Waals surface area contributed by atoms with Gasteiger partial charge in [-0.25, -0.2) is 0 Å². The second-order valence-corrected chi connectivity index (χ2v) is 6.39. The molecule has 1 saturated heterocycles. The highest BCUT2D eigenvalue weighted by Crippen LogP contribution is 2.34. The maximum atomic E-state index is 12.5. The van der Waals surface area contributed by atoms with Crippen molar-refractivity contribution in [1.29, 1.82) is 0 Å². The quantitative estimate of drug-likeness (QED) is 0.882. The highest BCUT2D eigenvalue weighted by atomic mass is 35.5. The maximum absolute atomic E-state index is 12.5. The molecule has 3 rings (SSSR count). The average Bonchev–Trinajstić information content (AvgIpc) is 2.50. The normalized spacial score (nSPS) is 21.1. The van der Waals surface area contributed by atoms with E-state index in [1.54, 1.807) is 4.90 Å². The van der Waals surface area contributed by atoms with Crippen molar-refractivity contribution in [2.24, 2.45) is 0 Å². The molecule has 120 valence electrons. The number of nitrogens with zero attached hydrogens (tertiary/aromatic N) is 2. The zero-order chi connectivity index (χ0) is 14.8. The van der Waals surface area contributed by atoms with Crippen LogP contribution < -0.4 is 10.2 Å². The average molecular weight is 342 g/mol. The molecule has 0 aromatic heterocycles. The van der Waals surface area contributed by atoms with Gasteiger partial charge >= 0.3 is 0 Å². The number of fused-ring (bicyclic) bond motifs is 1. The Hall–Kier alpha value is -1.24. The van der Waals surface area contributed by atoms with E-state index in [1.807, 2.05) is 36.1 Å². The lowest BCUT2D eigenvalue weighted by Crippen LogP contribution is -2.55. The van der Waals surface area contributed by atoms with Crippen molar-refractivity contribution in [3.63, 3.8) is 0 Å². The Bertz CT molecular complexity index is 569. The van der Waals surface area contributed by atoms with Gasteiger partial charge in [-0.3, -0.25) is 9.59 Å². The summed E-state index contributed by atoms with van der Waals surface area (Å²) >= 11 is 1.54. The van der Waals surface area contributed by atoms with E-state index in [2.05, 4.69) is 5.32 Å². The van der Waals surface area contributed by atoms with Crippen LogP contribution in [-0.2, 0) is 9.59 Å². The van der Waals surface area contributed by atoms with Crippen LogP contribution in [-0.4, -0.2) is 54.7 Å². The molecular formula is C15H20ClN3O2S. The van der Waals surface area contributed by atoms with Crippen molar-refractivity contribution < 1.29 is 9.59 Å². The molecule has 1 atom stereocenters. The first-order valence-electron chi connectivity index (χ1n) is 7.19. The third kappa shape index (κ3) is 3.39. The topological polar surface area (TPSA) is 52.7 Å². The number of carbonyl (C=O) groups is 2. The Morgan fingerprint density at radius 3 is 2.95 bits per heavy atom. The summed E-state index contributed by atoms with van der Waals surface area (Å²) in [6.45, 7) is 4.51. The van der Waals surface area contributed by atoms with Gasteiger partial charge in [0.2, 0.25) is 11.8 Å². The lowest BCUT2D eigenvalue weighted by Gasteiger charge is -2.36. The molecule has 22 heavy (non-hydrogen) atoms. The van der Waals surface area contributed by atoms with Crippen molar-refractivity contribution in [3.8, 4) is 0 Å². The minimum Gasteiger partial charge on any atom is -0.336 e. The number of carbonyl (C=O) groups excluding carboxylic acids is 2. The molecule has 1 N–H and O–H groups in total. The summed E-state index contributed by atoms with van der Waals surface area (Å²) in [4.78, 5) is 29.3. The van der Waals surface area contributed by atoms with Gasteiger partial charge in [0, 0.05) is 30.6 Å². The number of hydrogen-bond donors (Lipinski definition) is 1. The van der Waals surface area contributed by atoms with Crippen molar-refractivity contribution in [2.75, 3.05) is 36.8 Å². The summed E-state index contributed by atoms with van der Waals surface area (Å²) in [6, 6.07) is 7.95. The molecule has 0 radical (unpaired) electrons. The molecule has 2 aliphatic heterocycles. The molecule has 7 heteroatoms. The van der Waals surface area contributed by atoms with E-state index in [9.17, 15) is 9.59 Å². The lowest BCUT2D eigenvalue weighted by atomic mass is 10.2. The fourth-order valence-electron chi connectivity index (χ4n) is 2.76. The second-order valence-electron chi connectivity index (χ2n) is 5.38. The van der Waals surface area contributed by atoms with Gasteiger partial charge in [0.25, 0.3) is 0 Å². The van der Waals surface area contributed by atoms with Crippen LogP contribution in [0.3, 0.4) is 0 Å².